The van der Waals surface area contributed by atoms with Crippen LogP contribution in [0.2, 0.25) is 0 Å². The van der Waals surface area contributed by atoms with Gasteiger partial charge in [-0.3, -0.25) is 9.69 Å². The Bertz CT molecular complexity index is 512. The van der Waals surface area contributed by atoms with E-state index in [4.69, 9.17) is 4.74 Å². The van der Waals surface area contributed by atoms with Crippen LogP contribution >= 0.6 is 24.8 Å². The van der Waals surface area contributed by atoms with E-state index in [-0.39, 0.29) is 30.8 Å². The Morgan fingerprint density at radius 2 is 1.84 bits per heavy atom. The lowest BCUT2D eigenvalue weighted by molar-refractivity contribution is -0.131. The van der Waals surface area contributed by atoms with E-state index in [0.29, 0.717) is 11.8 Å². The van der Waals surface area contributed by atoms with Crippen LogP contribution in [-0.4, -0.2) is 37.0 Å². The molecule has 2 aliphatic rings. The maximum absolute atomic E-state index is 11.3. The average Bonchev–Trinajstić information content (AvgIpc) is 2.57. The van der Waals surface area contributed by atoms with Gasteiger partial charge in [-0.05, 0) is 36.5 Å². The second kappa shape index (κ2) is 11.0. The zero-order valence-corrected chi connectivity index (χ0v) is 16.5. The summed E-state index contributed by atoms with van der Waals surface area (Å²) in [5.74, 6) is 1.14. The van der Waals surface area contributed by atoms with Gasteiger partial charge in [-0.1, -0.05) is 31.4 Å². The molecule has 0 radical (unpaired) electrons. The first-order chi connectivity index (χ1) is 11.2. The van der Waals surface area contributed by atoms with Crippen LogP contribution in [-0.2, 0) is 4.79 Å². The van der Waals surface area contributed by atoms with Crippen molar-refractivity contribution >= 4 is 30.8 Å². The SMILES string of the molecule is CC(=O)Oc1cccc([C@H](C2CCCCC2)N2CCNCC2)c1.Cl.Cl. The number of piperazine rings is 1. The molecule has 25 heavy (non-hydrogen) atoms. The Hall–Kier alpha value is -0.810. The third kappa shape index (κ3) is 6.14. The van der Waals surface area contributed by atoms with Crippen molar-refractivity contribution in [2.75, 3.05) is 26.2 Å². The van der Waals surface area contributed by atoms with Crippen molar-refractivity contribution in [2.24, 2.45) is 5.92 Å². The van der Waals surface area contributed by atoms with Crippen LogP contribution in [0.15, 0.2) is 24.3 Å². The number of halogens is 2. The molecule has 142 valence electrons. The predicted octanol–water partition coefficient (Wildman–Crippen LogP) is 3.98. The largest absolute Gasteiger partial charge is 0.427 e. The van der Waals surface area contributed by atoms with Crippen molar-refractivity contribution in [2.45, 2.75) is 45.1 Å². The molecule has 1 N–H and O–H groups in total. The molecule has 1 atom stereocenters. The molecule has 1 saturated carbocycles. The van der Waals surface area contributed by atoms with E-state index in [0.717, 1.165) is 32.1 Å². The van der Waals surface area contributed by atoms with Gasteiger partial charge in [-0.15, -0.1) is 24.8 Å². The highest BCUT2D eigenvalue weighted by molar-refractivity contribution is 5.85. The third-order valence-electron chi connectivity index (χ3n) is 5.10. The molecule has 0 bridgehead atoms. The highest BCUT2D eigenvalue weighted by Gasteiger charge is 2.31. The first kappa shape index (κ1) is 22.2. The van der Waals surface area contributed by atoms with Crippen molar-refractivity contribution in [1.82, 2.24) is 10.2 Å². The highest BCUT2D eigenvalue weighted by Crippen LogP contribution is 2.39. The molecular weight excluding hydrogens is 359 g/mol. The van der Waals surface area contributed by atoms with Gasteiger partial charge in [0.05, 0.1) is 0 Å². The summed E-state index contributed by atoms with van der Waals surface area (Å²) in [4.78, 5) is 13.9. The number of carbonyl (C=O) groups is 1. The van der Waals surface area contributed by atoms with Crippen LogP contribution in [0.1, 0.15) is 50.6 Å². The van der Waals surface area contributed by atoms with Crippen molar-refractivity contribution < 1.29 is 9.53 Å². The maximum Gasteiger partial charge on any atom is 0.308 e. The fraction of sp³-hybridized carbons (Fsp3) is 0.632. The number of benzene rings is 1. The van der Waals surface area contributed by atoms with Gasteiger partial charge in [-0.25, -0.2) is 0 Å². The minimum Gasteiger partial charge on any atom is -0.427 e. The number of rotatable bonds is 4. The minimum absolute atomic E-state index is 0. The predicted molar refractivity (Wildman–Crippen MR) is 106 cm³/mol. The molecule has 1 aromatic rings. The fourth-order valence-corrected chi connectivity index (χ4v) is 4.12. The zero-order valence-electron chi connectivity index (χ0n) is 14.9. The first-order valence-corrected chi connectivity index (χ1v) is 8.97. The van der Waals surface area contributed by atoms with E-state index in [1.807, 2.05) is 12.1 Å². The molecule has 0 spiro atoms. The summed E-state index contributed by atoms with van der Waals surface area (Å²) in [6.07, 6.45) is 6.69. The lowest BCUT2D eigenvalue weighted by atomic mass is 9.80. The zero-order chi connectivity index (χ0) is 16.1. The Labute approximate surface area is 163 Å². The van der Waals surface area contributed by atoms with Crippen LogP contribution in [0.3, 0.4) is 0 Å². The second-order valence-electron chi connectivity index (χ2n) is 6.80. The summed E-state index contributed by atoms with van der Waals surface area (Å²) in [6, 6.07) is 8.62. The van der Waals surface area contributed by atoms with Crippen molar-refractivity contribution in [1.29, 1.82) is 0 Å². The van der Waals surface area contributed by atoms with Gasteiger partial charge in [0.15, 0.2) is 0 Å². The Morgan fingerprint density at radius 1 is 1.16 bits per heavy atom. The van der Waals surface area contributed by atoms with Gasteiger partial charge in [0.25, 0.3) is 0 Å². The molecule has 1 aromatic carbocycles. The fourth-order valence-electron chi connectivity index (χ4n) is 4.12. The topological polar surface area (TPSA) is 41.6 Å². The molecule has 0 unspecified atom stereocenters. The molecule has 0 amide bonds. The molecule has 4 nitrogen and oxygen atoms in total. The Morgan fingerprint density at radius 3 is 2.48 bits per heavy atom. The van der Waals surface area contributed by atoms with Crippen LogP contribution in [0.4, 0.5) is 0 Å². The molecule has 1 aliphatic heterocycles. The van der Waals surface area contributed by atoms with Gasteiger partial charge >= 0.3 is 5.97 Å². The monoisotopic (exact) mass is 388 g/mol. The average molecular weight is 389 g/mol. The number of esters is 1. The van der Waals surface area contributed by atoms with Gasteiger partial charge in [-0.2, -0.15) is 0 Å². The quantitative estimate of drug-likeness (QED) is 0.625. The Kier molecular flexibility index (Phi) is 9.80. The van der Waals surface area contributed by atoms with Crippen LogP contribution in [0, 0.1) is 5.92 Å². The number of nitrogens with zero attached hydrogens (tertiary/aromatic N) is 1. The molecule has 6 heteroatoms. The van der Waals surface area contributed by atoms with E-state index in [9.17, 15) is 4.79 Å². The highest BCUT2D eigenvalue weighted by atomic mass is 35.5. The summed E-state index contributed by atoms with van der Waals surface area (Å²) in [5, 5.41) is 3.45. The smallest absolute Gasteiger partial charge is 0.308 e. The summed E-state index contributed by atoms with van der Waals surface area (Å²) < 4.78 is 5.31. The molecular formula is C19H30Cl2N2O2. The van der Waals surface area contributed by atoms with Crippen LogP contribution in [0.5, 0.6) is 5.75 Å². The summed E-state index contributed by atoms with van der Waals surface area (Å²) >= 11 is 0. The van der Waals surface area contributed by atoms with E-state index in [1.165, 1.54) is 44.6 Å². The first-order valence-electron chi connectivity index (χ1n) is 8.97. The number of hydrogen-bond acceptors (Lipinski definition) is 4. The number of hydrogen-bond donors (Lipinski definition) is 1. The van der Waals surface area contributed by atoms with Crippen molar-refractivity contribution in [3.8, 4) is 5.75 Å². The maximum atomic E-state index is 11.3. The molecule has 0 aromatic heterocycles. The van der Waals surface area contributed by atoms with Gasteiger partial charge in [0.2, 0.25) is 0 Å². The summed E-state index contributed by atoms with van der Waals surface area (Å²) in [5.41, 5.74) is 1.30. The Balaban J connectivity index is 0.00000156. The standard InChI is InChI=1S/C19H28N2O2.2ClH/c1-15(22)23-18-9-5-8-17(14-18)19(16-6-3-2-4-7-16)21-12-10-20-11-13-21;;/h5,8-9,14,16,19-20H,2-4,6-7,10-13H2,1H3;2*1H/t19-;;/m0../s1. The van der Waals surface area contributed by atoms with Gasteiger partial charge in [0.1, 0.15) is 5.75 Å². The third-order valence-corrected chi connectivity index (χ3v) is 5.10. The number of nitrogens with one attached hydrogen (secondary N) is 1. The lowest BCUT2D eigenvalue weighted by Crippen LogP contribution is -2.47. The van der Waals surface area contributed by atoms with E-state index >= 15 is 0 Å². The van der Waals surface area contributed by atoms with E-state index in [1.54, 1.807) is 0 Å². The molecule has 2 fully saturated rings. The molecule has 3 rings (SSSR count). The summed E-state index contributed by atoms with van der Waals surface area (Å²) in [6.45, 7) is 5.78. The summed E-state index contributed by atoms with van der Waals surface area (Å²) in [7, 11) is 0. The van der Waals surface area contributed by atoms with Gasteiger partial charge < -0.3 is 10.1 Å². The number of carbonyl (C=O) groups excluding carboxylic acids is 1. The van der Waals surface area contributed by atoms with E-state index in [2.05, 4.69) is 22.3 Å². The molecule has 1 saturated heterocycles. The van der Waals surface area contributed by atoms with Crippen LogP contribution in [0.25, 0.3) is 0 Å². The lowest BCUT2D eigenvalue weighted by Gasteiger charge is -2.41. The normalized spacial score (nSPS) is 20.0. The molecule has 1 aliphatic carbocycles. The molecule has 1 heterocycles. The second-order valence-corrected chi connectivity index (χ2v) is 6.80. The number of ether oxygens (including phenoxy) is 1. The minimum atomic E-state index is -0.251. The van der Waals surface area contributed by atoms with Crippen molar-refractivity contribution in [3.05, 3.63) is 29.8 Å². The van der Waals surface area contributed by atoms with Crippen molar-refractivity contribution in [3.63, 3.8) is 0 Å². The van der Waals surface area contributed by atoms with Crippen LogP contribution < -0.4 is 10.1 Å². The van der Waals surface area contributed by atoms with E-state index < -0.39 is 0 Å². The van der Waals surface area contributed by atoms with Gasteiger partial charge in [0, 0.05) is 39.1 Å².